The van der Waals surface area contributed by atoms with E-state index >= 15 is 0 Å². The summed E-state index contributed by atoms with van der Waals surface area (Å²) in [7, 11) is 1.35. The minimum absolute atomic E-state index is 0.0537. The number of hydrogen-bond acceptors (Lipinski definition) is 6. The maximum Gasteiger partial charge on any atom is 0.250 e. The number of carbonyl (C=O) groups excluding carboxylic acids is 2. The standard InChI is InChI=1S/C24H30F3N3O5/c1-34-24-19(27)10-8-17(30-24)5-2-3-11-28-22(32)14-23(33)29-12-4-6-21(35-15-25)16-7-9-18(26)20(31)13-16/h7-10,13,21,31H,2-6,11-12,14-15H2,1H3,(H,28,32)(H,29,33). The molecule has 0 saturated carbocycles. The third kappa shape index (κ3) is 9.81. The summed E-state index contributed by atoms with van der Waals surface area (Å²) in [5.41, 5.74) is 1.10. The summed E-state index contributed by atoms with van der Waals surface area (Å²) in [6, 6.07) is 6.51. The quantitative estimate of drug-likeness (QED) is 0.257. The molecule has 2 aromatic rings. The Labute approximate surface area is 201 Å². The Morgan fingerprint density at radius 1 is 1.03 bits per heavy atom. The van der Waals surface area contributed by atoms with Crippen LogP contribution in [0.25, 0.3) is 0 Å². The van der Waals surface area contributed by atoms with E-state index in [2.05, 4.69) is 15.6 Å². The molecule has 0 bridgehead atoms. The number of amides is 2. The van der Waals surface area contributed by atoms with E-state index in [4.69, 9.17) is 9.47 Å². The van der Waals surface area contributed by atoms with Gasteiger partial charge in [-0.2, -0.15) is 0 Å². The molecular formula is C24H30F3N3O5. The number of unbranched alkanes of at least 4 members (excludes halogenated alkanes) is 1. The molecule has 0 aliphatic heterocycles. The second-order valence-electron chi connectivity index (χ2n) is 7.74. The molecule has 2 amide bonds. The number of ether oxygens (including phenoxy) is 2. The van der Waals surface area contributed by atoms with E-state index in [1.165, 1.54) is 25.3 Å². The smallest absolute Gasteiger partial charge is 0.250 e. The average molecular weight is 498 g/mol. The van der Waals surface area contributed by atoms with E-state index < -0.39 is 42.2 Å². The van der Waals surface area contributed by atoms with Crippen molar-refractivity contribution >= 4 is 11.8 Å². The molecule has 2 rings (SSSR count). The highest BCUT2D eigenvalue weighted by Crippen LogP contribution is 2.27. The topological polar surface area (TPSA) is 110 Å². The van der Waals surface area contributed by atoms with E-state index in [1.54, 1.807) is 6.07 Å². The normalized spacial score (nSPS) is 11.7. The third-order valence-electron chi connectivity index (χ3n) is 5.14. The molecule has 1 aromatic carbocycles. The first-order valence-electron chi connectivity index (χ1n) is 11.2. The number of alkyl halides is 1. The maximum absolute atomic E-state index is 13.4. The number of benzene rings is 1. The lowest BCUT2D eigenvalue weighted by Gasteiger charge is -2.17. The van der Waals surface area contributed by atoms with Gasteiger partial charge in [0.2, 0.25) is 17.7 Å². The lowest BCUT2D eigenvalue weighted by atomic mass is 10.0. The molecule has 1 heterocycles. The number of aryl methyl sites for hydroxylation is 1. The number of nitrogens with one attached hydrogen (secondary N) is 2. The number of nitrogens with zero attached hydrogens (tertiary/aromatic N) is 1. The van der Waals surface area contributed by atoms with Crippen LogP contribution in [0.1, 0.15) is 49.5 Å². The van der Waals surface area contributed by atoms with Crippen LogP contribution in [0.3, 0.4) is 0 Å². The zero-order valence-electron chi connectivity index (χ0n) is 19.5. The monoisotopic (exact) mass is 497 g/mol. The zero-order valence-corrected chi connectivity index (χ0v) is 19.5. The van der Waals surface area contributed by atoms with Gasteiger partial charge in [0.1, 0.15) is 6.42 Å². The minimum atomic E-state index is -1.05. The fourth-order valence-electron chi connectivity index (χ4n) is 3.34. The highest BCUT2D eigenvalue weighted by molar-refractivity contribution is 5.96. The van der Waals surface area contributed by atoms with Crippen LogP contribution in [0.5, 0.6) is 11.6 Å². The van der Waals surface area contributed by atoms with Gasteiger partial charge >= 0.3 is 0 Å². The van der Waals surface area contributed by atoms with Gasteiger partial charge in [-0.05, 0) is 61.9 Å². The first-order valence-corrected chi connectivity index (χ1v) is 11.2. The Kier molecular flexibility index (Phi) is 11.8. The van der Waals surface area contributed by atoms with Gasteiger partial charge in [-0.25, -0.2) is 18.2 Å². The van der Waals surface area contributed by atoms with E-state index in [-0.39, 0.29) is 18.8 Å². The van der Waals surface area contributed by atoms with E-state index in [9.17, 15) is 27.9 Å². The molecule has 11 heteroatoms. The number of methoxy groups -OCH3 is 1. The van der Waals surface area contributed by atoms with Crippen LogP contribution in [-0.2, 0) is 20.7 Å². The summed E-state index contributed by atoms with van der Waals surface area (Å²) < 4.78 is 49.1. The van der Waals surface area contributed by atoms with Crippen molar-refractivity contribution in [1.29, 1.82) is 0 Å². The number of phenols is 1. The second kappa shape index (κ2) is 14.8. The van der Waals surface area contributed by atoms with Gasteiger partial charge < -0.3 is 25.2 Å². The van der Waals surface area contributed by atoms with E-state index in [0.717, 1.165) is 6.07 Å². The lowest BCUT2D eigenvalue weighted by Crippen LogP contribution is -2.33. The van der Waals surface area contributed by atoms with Crippen molar-refractivity contribution in [3.05, 3.63) is 53.2 Å². The molecule has 1 unspecified atom stereocenters. The van der Waals surface area contributed by atoms with Gasteiger partial charge in [-0.3, -0.25) is 9.59 Å². The first kappa shape index (κ1) is 27.9. The molecule has 0 saturated heterocycles. The molecule has 1 atom stereocenters. The molecule has 192 valence electrons. The van der Waals surface area contributed by atoms with Crippen LogP contribution in [0.15, 0.2) is 30.3 Å². The van der Waals surface area contributed by atoms with Gasteiger partial charge in [0.25, 0.3) is 0 Å². The van der Waals surface area contributed by atoms with E-state index in [1.807, 2.05) is 0 Å². The lowest BCUT2D eigenvalue weighted by molar-refractivity contribution is -0.129. The summed E-state index contributed by atoms with van der Waals surface area (Å²) in [4.78, 5) is 27.9. The van der Waals surface area contributed by atoms with Crippen LogP contribution >= 0.6 is 0 Å². The van der Waals surface area contributed by atoms with Crippen LogP contribution in [0, 0.1) is 11.6 Å². The number of aromatic nitrogens is 1. The number of halogens is 3. The van der Waals surface area contributed by atoms with Gasteiger partial charge in [0.15, 0.2) is 24.2 Å². The number of phenolic OH excluding ortho intramolecular Hbond substituents is 1. The van der Waals surface area contributed by atoms with E-state index in [0.29, 0.717) is 49.9 Å². The summed E-state index contributed by atoms with van der Waals surface area (Å²) in [6.07, 6.45) is 1.66. The Morgan fingerprint density at radius 3 is 2.37 bits per heavy atom. The summed E-state index contributed by atoms with van der Waals surface area (Å²) >= 11 is 0. The molecule has 8 nitrogen and oxygen atoms in total. The third-order valence-corrected chi connectivity index (χ3v) is 5.14. The molecule has 35 heavy (non-hydrogen) atoms. The predicted octanol–water partition coefficient (Wildman–Crippen LogP) is 3.48. The Bertz CT molecular complexity index is 977. The van der Waals surface area contributed by atoms with Gasteiger partial charge in [0, 0.05) is 18.8 Å². The fraction of sp³-hybridized carbons (Fsp3) is 0.458. The number of carbonyl (C=O) groups is 2. The molecule has 0 aliphatic rings. The van der Waals surface area contributed by atoms with Crippen LogP contribution < -0.4 is 15.4 Å². The largest absolute Gasteiger partial charge is 0.505 e. The Balaban J connectivity index is 1.60. The first-order chi connectivity index (χ1) is 16.8. The Morgan fingerprint density at radius 2 is 1.71 bits per heavy atom. The molecule has 0 aliphatic carbocycles. The molecule has 1 aromatic heterocycles. The van der Waals surface area contributed by atoms with Crippen LogP contribution in [0.4, 0.5) is 13.2 Å². The number of pyridine rings is 1. The van der Waals surface area contributed by atoms with Crippen molar-refractivity contribution in [3.8, 4) is 11.6 Å². The van der Waals surface area contributed by atoms with Crippen molar-refractivity contribution in [2.75, 3.05) is 27.1 Å². The van der Waals surface area contributed by atoms with Crippen molar-refractivity contribution in [1.82, 2.24) is 15.6 Å². The van der Waals surface area contributed by atoms with Crippen molar-refractivity contribution < 1.29 is 37.3 Å². The van der Waals surface area contributed by atoms with Crippen molar-refractivity contribution in [2.45, 2.75) is 44.6 Å². The van der Waals surface area contributed by atoms with Crippen LogP contribution in [0.2, 0.25) is 0 Å². The summed E-state index contributed by atoms with van der Waals surface area (Å²) in [5.74, 6) is -2.78. The van der Waals surface area contributed by atoms with Crippen molar-refractivity contribution in [2.24, 2.45) is 0 Å². The number of aromatic hydroxyl groups is 1. The highest BCUT2D eigenvalue weighted by Gasteiger charge is 2.15. The highest BCUT2D eigenvalue weighted by atomic mass is 19.1. The van der Waals surface area contributed by atoms with Crippen molar-refractivity contribution in [3.63, 3.8) is 0 Å². The SMILES string of the molecule is COc1nc(CCCCNC(=O)CC(=O)NCCCC(OCF)c2ccc(F)c(O)c2)ccc1F. The van der Waals surface area contributed by atoms with Crippen LogP contribution in [-0.4, -0.2) is 49.0 Å². The Hall–Kier alpha value is -3.34. The van der Waals surface area contributed by atoms with Gasteiger partial charge in [-0.1, -0.05) is 6.07 Å². The zero-order chi connectivity index (χ0) is 25.6. The molecule has 0 spiro atoms. The molecule has 0 fully saturated rings. The molecule has 3 N–H and O–H groups in total. The molecule has 0 radical (unpaired) electrons. The predicted molar refractivity (Wildman–Crippen MR) is 121 cm³/mol. The summed E-state index contributed by atoms with van der Waals surface area (Å²) in [6.45, 7) is -0.430. The molecular weight excluding hydrogens is 467 g/mol. The summed E-state index contributed by atoms with van der Waals surface area (Å²) in [5, 5.41) is 14.8. The second-order valence-corrected chi connectivity index (χ2v) is 7.74. The average Bonchev–Trinajstić information content (AvgIpc) is 2.83. The minimum Gasteiger partial charge on any atom is -0.505 e. The van der Waals surface area contributed by atoms with Gasteiger partial charge in [-0.15, -0.1) is 0 Å². The maximum atomic E-state index is 13.4. The fourth-order valence-corrected chi connectivity index (χ4v) is 3.34. The number of rotatable bonds is 15. The van der Waals surface area contributed by atoms with Gasteiger partial charge in [0.05, 0.1) is 13.2 Å². The number of hydrogen-bond donors (Lipinski definition) is 3.